The van der Waals surface area contributed by atoms with Gasteiger partial charge in [0.05, 0.1) is 6.61 Å². The standard InChI is InChI=1S/C19H24O5/c1-4-5-16(20)24-15-6-7-18(3)9-13-12(11(2)17(21)23-13)8-14(18)19(15)10-22-19/h4-5,12-15H,2,6-10H2,1,3H3/b5-4+/t12-,13-,14-,15-,18-,19+/m1/s1. The van der Waals surface area contributed by atoms with Crippen molar-refractivity contribution in [1.29, 1.82) is 0 Å². The number of allylic oxidation sites excluding steroid dienone is 1. The Morgan fingerprint density at radius 3 is 2.88 bits per heavy atom. The fourth-order valence-corrected chi connectivity index (χ4v) is 5.23. The van der Waals surface area contributed by atoms with Gasteiger partial charge in [0.15, 0.2) is 0 Å². The average molecular weight is 332 g/mol. The molecule has 0 radical (unpaired) electrons. The number of hydrogen-bond acceptors (Lipinski definition) is 5. The number of fused-ring (bicyclic) bond motifs is 3. The van der Waals surface area contributed by atoms with Crippen LogP contribution in [0.5, 0.6) is 0 Å². The molecular weight excluding hydrogens is 308 g/mol. The van der Waals surface area contributed by atoms with Gasteiger partial charge in [-0.05, 0) is 38.0 Å². The van der Waals surface area contributed by atoms with E-state index in [-0.39, 0.29) is 47.0 Å². The van der Waals surface area contributed by atoms with E-state index in [0.717, 1.165) is 25.7 Å². The Hall–Kier alpha value is -1.62. The second kappa shape index (κ2) is 5.19. The molecule has 4 fully saturated rings. The first-order chi connectivity index (χ1) is 11.4. The predicted molar refractivity (Wildman–Crippen MR) is 86.0 cm³/mol. The molecule has 4 rings (SSSR count). The molecule has 1 spiro atoms. The van der Waals surface area contributed by atoms with Crippen molar-refractivity contribution in [2.24, 2.45) is 17.3 Å². The van der Waals surface area contributed by atoms with Gasteiger partial charge in [0.1, 0.15) is 17.8 Å². The molecule has 4 aliphatic rings. The van der Waals surface area contributed by atoms with E-state index in [9.17, 15) is 9.59 Å². The van der Waals surface area contributed by atoms with E-state index in [1.165, 1.54) is 6.08 Å². The average Bonchev–Trinajstić information content (AvgIpc) is 3.26. The molecule has 0 amide bonds. The lowest BCUT2D eigenvalue weighted by Crippen LogP contribution is -2.56. The minimum absolute atomic E-state index is 0.0477. The van der Waals surface area contributed by atoms with Crippen molar-refractivity contribution < 1.29 is 23.8 Å². The SMILES string of the molecule is C=C1C(=O)O[C@@H]2C[C@@]3(C)CC[C@@H](OC(=O)/C=C/C)[C@]4(CO4)[C@@H]3C[C@H]12. The van der Waals surface area contributed by atoms with Crippen molar-refractivity contribution >= 4 is 11.9 Å². The maximum absolute atomic E-state index is 11.9. The summed E-state index contributed by atoms with van der Waals surface area (Å²) >= 11 is 0. The third-order valence-corrected chi connectivity index (χ3v) is 6.57. The molecule has 6 atom stereocenters. The summed E-state index contributed by atoms with van der Waals surface area (Å²) in [4.78, 5) is 23.8. The maximum Gasteiger partial charge on any atom is 0.334 e. The predicted octanol–water partition coefficient (Wildman–Crippen LogP) is 2.55. The lowest BCUT2D eigenvalue weighted by atomic mass is 9.53. The number of carbonyl (C=O) groups is 2. The Labute approximate surface area is 142 Å². The van der Waals surface area contributed by atoms with Crippen LogP contribution in [0.3, 0.4) is 0 Å². The minimum atomic E-state index is -0.388. The lowest BCUT2D eigenvalue weighted by molar-refractivity contribution is -0.165. The van der Waals surface area contributed by atoms with E-state index in [0.29, 0.717) is 12.2 Å². The van der Waals surface area contributed by atoms with Crippen LogP contribution in [0.25, 0.3) is 0 Å². The molecule has 2 aliphatic carbocycles. The van der Waals surface area contributed by atoms with Crippen molar-refractivity contribution in [2.45, 2.75) is 57.3 Å². The largest absolute Gasteiger partial charge is 0.458 e. The van der Waals surface area contributed by atoms with Crippen LogP contribution in [-0.2, 0) is 23.8 Å². The monoisotopic (exact) mass is 332 g/mol. The van der Waals surface area contributed by atoms with Gasteiger partial charge in [0.2, 0.25) is 0 Å². The summed E-state index contributed by atoms with van der Waals surface area (Å²) in [5, 5.41) is 0. The Bertz CT molecular complexity index is 632. The smallest absolute Gasteiger partial charge is 0.334 e. The Morgan fingerprint density at radius 2 is 2.21 bits per heavy atom. The van der Waals surface area contributed by atoms with Crippen molar-refractivity contribution in [3.05, 3.63) is 24.3 Å². The zero-order chi connectivity index (χ0) is 17.1. The molecule has 0 aromatic heterocycles. The molecule has 2 aliphatic heterocycles. The van der Waals surface area contributed by atoms with Gasteiger partial charge in [-0.25, -0.2) is 9.59 Å². The Kier molecular flexibility index (Phi) is 3.43. The van der Waals surface area contributed by atoms with E-state index in [4.69, 9.17) is 14.2 Å². The fraction of sp³-hybridized carbons (Fsp3) is 0.684. The van der Waals surface area contributed by atoms with Gasteiger partial charge in [-0.3, -0.25) is 0 Å². The highest BCUT2D eigenvalue weighted by Crippen LogP contribution is 2.63. The van der Waals surface area contributed by atoms with Crippen molar-refractivity contribution in [2.75, 3.05) is 6.61 Å². The maximum atomic E-state index is 11.9. The first kappa shape index (κ1) is 15.9. The van der Waals surface area contributed by atoms with Gasteiger partial charge < -0.3 is 14.2 Å². The van der Waals surface area contributed by atoms with Crippen LogP contribution in [0.2, 0.25) is 0 Å². The first-order valence-corrected chi connectivity index (χ1v) is 8.77. The van der Waals surface area contributed by atoms with Gasteiger partial charge >= 0.3 is 11.9 Å². The number of esters is 2. The molecule has 130 valence electrons. The van der Waals surface area contributed by atoms with Crippen LogP contribution in [0.1, 0.15) is 39.5 Å². The quantitative estimate of drug-likeness (QED) is 0.442. The van der Waals surface area contributed by atoms with Crippen LogP contribution in [0, 0.1) is 17.3 Å². The summed E-state index contributed by atoms with van der Waals surface area (Å²) < 4.78 is 17.1. The molecule has 2 saturated carbocycles. The van der Waals surface area contributed by atoms with Gasteiger partial charge in [0, 0.05) is 23.5 Å². The molecule has 2 saturated heterocycles. The van der Waals surface area contributed by atoms with E-state index >= 15 is 0 Å². The van der Waals surface area contributed by atoms with Gasteiger partial charge in [-0.15, -0.1) is 0 Å². The van der Waals surface area contributed by atoms with Crippen LogP contribution in [-0.4, -0.2) is 36.4 Å². The number of rotatable bonds is 2. The number of carbonyl (C=O) groups excluding carboxylic acids is 2. The van der Waals surface area contributed by atoms with E-state index < -0.39 is 0 Å². The normalized spacial score (nSPS) is 46.6. The van der Waals surface area contributed by atoms with Crippen LogP contribution >= 0.6 is 0 Å². The third-order valence-electron chi connectivity index (χ3n) is 6.57. The Balaban J connectivity index is 1.59. The van der Waals surface area contributed by atoms with E-state index in [2.05, 4.69) is 13.5 Å². The van der Waals surface area contributed by atoms with Crippen molar-refractivity contribution in [3.8, 4) is 0 Å². The van der Waals surface area contributed by atoms with Crippen LogP contribution in [0.4, 0.5) is 0 Å². The zero-order valence-corrected chi connectivity index (χ0v) is 14.2. The molecule has 5 nitrogen and oxygen atoms in total. The molecule has 0 bridgehead atoms. The zero-order valence-electron chi connectivity index (χ0n) is 14.2. The fourth-order valence-electron chi connectivity index (χ4n) is 5.23. The van der Waals surface area contributed by atoms with Crippen LogP contribution in [0.15, 0.2) is 24.3 Å². The summed E-state index contributed by atoms with van der Waals surface area (Å²) in [5.41, 5.74) is 0.249. The lowest BCUT2D eigenvalue weighted by Gasteiger charge is -2.53. The summed E-state index contributed by atoms with van der Waals surface area (Å²) in [6, 6.07) is 0. The molecule has 0 unspecified atom stereocenters. The molecule has 5 heteroatoms. The highest BCUT2D eigenvalue weighted by molar-refractivity contribution is 5.90. The summed E-state index contributed by atoms with van der Waals surface area (Å²) in [5.74, 6) is -0.233. The summed E-state index contributed by atoms with van der Waals surface area (Å²) in [6.45, 7) is 8.61. The van der Waals surface area contributed by atoms with E-state index in [1.807, 2.05) is 0 Å². The number of ether oxygens (including phenoxy) is 3. The molecule has 0 N–H and O–H groups in total. The second-order valence-electron chi connectivity index (χ2n) is 7.93. The number of hydrogen-bond donors (Lipinski definition) is 0. The molecule has 2 heterocycles. The van der Waals surface area contributed by atoms with E-state index in [1.54, 1.807) is 13.0 Å². The minimum Gasteiger partial charge on any atom is -0.458 e. The first-order valence-electron chi connectivity index (χ1n) is 8.77. The summed E-state index contributed by atoms with van der Waals surface area (Å²) in [6.07, 6.45) is 6.29. The van der Waals surface area contributed by atoms with Gasteiger partial charge in [0.25, 0.3) is 0 Å². The second-order valence-corrected chi connectivity index (χ2v) is 7.93. The van der Waals surface area contributed by atoms with Crippen molar-refractivity contribution in [3.63, 3.8) is 0 Å². The van der Waals surface area contributed by atoms with Crippen LogP contribution < -0.4 is 0 Å². The molecule has 0 aromatic carbocycles. The molecule has 24 heavy (non-hydrogen) atoms. The topological polar surface area (TPSA) is 65.1 Å². The van der Waals surface area contributed by atoms with Gasteiger partial charge in [-0.1, -0.05) is 19.6 Å². The molecule has 0 aromatic rings. The highest BCUT2D eigenvalue weighted by atomic mass is 16.6. The van der Waals surface area contributed by atoms with Crippen molar-refractivity contribution in [1.82, 2.24) is 0 Å². The Morgan fingerprint density at radius 1 is 1.46 bits per heavy atom. The third kappa shape index (κ3) is 2.17. The number of epoxide rings is 1. The van der Waals surface area contributed by atoms with Gasteiger partial charge in [-0.2, -0.15) is 0 Å². The highest BCUT2D eigenvalue weighted by Gasteiger charge is 2.69. The summed E-state index contributed by atoms with van der Waals surface area (Å²) in [7, 11) is 0. The molecular formula is C19H24O5.